The van der Waals surface area contributed by atoms with Crippen LogP contribution in [0.15, 0.2) is 5.11 Å². The third kappa shape index (κ3) is 2.64. The molecule has 0 N–H and O–H groups in total. The lowest BCUT2D eigenvalue weighted by Crippen LogP contribution is -2.30. The van der Waals surface area contributed by atoms with E-state index >= 15 is 0 Å². The Bertz CT molecular complexity index is 242. The molecule has 1 rings (SSSR count). The molecule has 0 amide bonds. The van der Waals surface area contributed by atoms with Gasteiger partial charge in [0.05, 0.1) is 7.11 Å². The van der Waals surface area contributed by atoms with E-state index in [9.17, 15) is 4.79 Å². The fraction of sp³-hybridized carbons (Fsp3) is 0.889. The highest BCUT2D eigenvalue weighted by Gasteiger charge is 2.29. The van der Waals surface area contributed by atoms with E-state index in [1.54, 1.807) is 0 Å². The number of esters is 1. The molecule has 0 aliphatic heterocycles. The number of hydrogen-bond acceptors (Lipinski definition) is 3. The summed E-state index contributed by atoms with van der Waals surface area (Å²) >= 11 is 0. The fourth-order valence-corrected chi connectivity index (χ4v) is 1.96. The zero-order valence-corrected chi connectivity index (χ0v) is 8.35. The molecule has 0 spiro atoms. The van der Waals surface area contributed by atoms with E-state index in [1.165, 1.54) is 13.5 Å². The van der Waals surface area contributed by atoms with E-state index in [0.29, 0.717) is 0 Å². The maximum atomic E-state index is 11.3. The molecule has 5 nitrogen and oxygen atoms in total. The number of ether oxygens (including phenoxy) is 1. The van der Waals surface area contributed by atoms with Crippen molar-refractivity contribution in [2.45, 2.75) is 38.1 Å². The Morgan fingerprint density at radius 2 is 2.14 bits per heavy atom. The molecule has 0 radical (unpaired) electrons. The minimum Gasteiger partial charge on any atom is -0.469 e. The molecule has 14 heavy (non-hydrogen) atoms. The van der Waals surface area contributed by atoms with Gasteiger partial charge in [-0.05, 0) is 24.3 Å². The van der Waals surface area contributed by atoms with Crippen LogP contribution in [0.1, 0.15) is 32.1 Å². The van der Waals surface area contributed by atoms with Gasteiger partial charge in [-0.1, -0.05) is 24.4 Å². The van der Waals surface area contributed by atoms with Crippen molar-refractivity contribution >= 4 is 5.97 Å². The zero-order valence-electron chi connectivity index (χ0n) is 8.35. The first kappa shape index (κ1) is 10.9. The van der Waals surface area contributed by atoms with Gasteiger partial charge in [0, 0.05) is 4.91 Å². The number of carbonyl (C=O) groups excluding carboxylic acids is 1. The number of hydrogen-bond donors (Lipinski definition) is 0. The smallest absolute Gasteiger partial charge is 0.314 e. The van der Waals surface area contributed by atoms with Gasteiger partial charge in [-0.15, -0.1) is 0 Å². The lowest BCUT2D eigenvalue weighted by molar-refractivity contribution is -0.143. The molecule has 78 valence electrons. The molecule has 1 fully saturated rings. The summed E-state index contributed by atoms with van der Waals surface area (Å²) in [4.78, 5) is 14.0. The van der Waals surface area contributed by atoms with Crippen LogP contribution >= 0.6 is 0 Å². The Morgan fingerprint density at radius 1 is 1.50 bits per heavy atom. The SMILES string of the molecule is COC(=O)[C@@H](N=[N+]=[N-])C1CCCCC1. The highest BCUT2D eigenvalue weighted by Crippen LogP contribution is 2.28. The molecular weight excluding hydrogens is 182 g/mol. The number of nitrogens with zero attached hydrogens (tertiary/aromatic N) is 3. The minimum atomic E-state index is -0.620. The van der Waals surface area contributed by atoms with E-state index in [0.717, 1.165) is 25.7 Å². The van der Waals surface area contributed by atoms with Gasteiger partial charge in [0.15, 0.2) is 0 Å². The van der Waals surface area contributed by atoms with Crippen molar-refractivity contribution in [3.63, 3.8) is 0 Å². The van der Waals surface area contributed by atoms with E-state index in [2.05, 4.69) is 14.8 Å². The molecule has 0 unspecified atom stereocenters. The Balaban J connectivity index is 2.64. The zero-order chi connectivity index (χ0) is 10.4. The molecule has 0 bridgehead atoms. The molecule has 0 heterocycles. The van der Waals surface area contributed by atoms with Crippen molar-refractivity contribution < 1.29 is 9.53 Å². The second kappa shape index (κ2) is 5.50. The van der Waals surface area contributed by atoms with E-state index in [4.69, 9.17) is 5.53 Å². The summed E-state index contributed by atoms with van der Waals surface area (Å²) in [7, 11) is 1.32. The molecule has 1 saturated carbocycles. The van der Waals surface area contributed by atoms with Gasteiger partial charge in [-0.2, -0.15) is 0 Å². The topological polar surface area (TPSA) is 75.1 Å². The fourth-order valence-electron chi connectivity index (χ4n) is 1.96. The average molecular weight is 197 g/mol. The van der Waals surface area contributed by atoms with Crippen LogP contribution in [0.4, 0.5) is 0 Å². The van der Waals surface area contributed by atoms with Crippen LogP contribution in [0.2, 0.25) is 0 Å². The van der Waals surface area contributed by atoms with Crippen molar-refractivity contribution in [2.24, 2.45) is 11.0 Å². The van der Waals surface area contributed by atoms with Crippen LogP contribution in [0.25, 0.3) is 10.4 Å². The molecule has 0 aromatic heterocycles. The Kier molecular flexibility index (Phi) is 4.26. The first-order valence-corrected chi connectivity index (χ1v) is 4.91. The highest BCUT2D eigenvalue weighted by atomic mass is 16.5. The molecular formula is C9H15N3O2. The molecule has 0 saturated heterocycles. The predicted octanol–water partition coefficient (Wildman–Crippen LogP) is 2.42. The largest absolute Gasteiger partial charge is 0.469 e. The minimum absolute atomic E-state index is 0.173. The molecule has 0 aromatic rings. The maximum absolute atomic E-state index is 11.3. The van der Waals surface area contributed by atoms with Gasteiger partial charge >= 0.3 is 5.97 Å². The van der Waals surface area contributed by atoms with Crippen molar-refractivity contribution in [3.8, 4) is 0 Å². The molecule has 1 aliphatic carbocycles. The molecule has 1 atom stereocenters. The quantitative estimate of drug-likeness (QED) is 0.301. The van der Waals surface area contributed by atoms with E-state index in [-0.39, 0.29) is 5.92 Å². The van der Waals surface area contributed by atoms with Crippen molar-refractivity contribution in [1.29, 1.82) is 0 Å². The van der Waals surface area contributed by atoms with Gasteiger partial charge in [0.25, 0.3) is 0 Å². The van der Waals surface area contributed by atoms with Gasteiger partial charge in [0.1, 0.15) is 6.04 Å². The maximum Gasteiger partial charge on any atom is 0.314 e. The summed E-state index contributed by atoms with van der Waals surface area (Å²) in [5, 5.41) is 3.52. The summed E-state index contributed by atoms with van der Waals surface area (Å²) < 4.78 is 4.61. The van der Waals surface area contributed by atoms with Gasteiger partial charge in [0.2, 0.25) is 0 Å². The number of carbonyl (C=O) groups is 1. The lowest BCUT2D eigenvalue weighted by atomic mass is 9.84. The third-order valence-corrected chi connectivity index (χ3v) is 2.72. The second-order valence-electron chi connectivity index (χ2n) is 3.57. The number of rotatable bonds is 3. The van der Waals surface area contributed by atoms with Gasteiger partial charge in [-0.25, -0.2) is 0 Å². The highest BCUT2D eigenvalue weighted by molar-refractivity contribution is 5.76. The first-order chi connectivity index (χ1) is 6.79. The lowest BCUT2D eigenvalue weighted by Gasteiger charge is -2.25. The van der Waals surface area contributed by atoms with Crippen LogP contribution in [0.5, 0.6) is 0 Å². The van der Waals surface area contributed by atoms with Gasteiger partial charge < -0.3 is 4.74 Å². The van der Waals surface area contributed by atoms with Crippen LogP contribution in [0.3, 0.4) is 0 Å². The summed E-state index contributed by atoms with van der Waals surface area (Å²) in [6.45, 7) is 0. The predicted molar refractivity (Wildman–Crippen MR) is 51.5 cm³/mol. The van der Waals surface area contributed by atoms with Gasteiger partial charge in [-0.3, -0.25) is 4.79 Å². The molecule has 0 aromatic carbocycles. The van der Waals surface area contributed by atoms with Crippen LogP contribution < -0.4 is 0 Å². The second-order valence-corrected chi connectivity index (χ2v) is 3.57. The van der Waals surface area contributed by atoms with Crippen molar-refractivity contribution in [2.75, 3.05) is 7.11 Å². The summed E-state index contributed by atoms with van der Waals surface area (Å²) in [5.41, 5.74) is 8.36. The monoisotopic (exact) mass is 197 g/mol. The third-order valence-electron chi connectivity index (χ3n) is 2.72. The Hall–Kier alpha value is -1.22. The Morgan fingerprint density at radius 3 is 2.64 bits per heavy atom. The van der Waals surface area contributed by atoms with Crippen LogP contribution in [-0.4, -0.2) is 19.1 Å². The number of azide groups is 1. The normalized spacial score (nSPS) is 19.5. The summed E-state index contributed by atoms with van der Waals surface area (Å²) in [6.07, 6.45) is 5.34. The Labute approximate surface area is 83.1 Å². The summed E-state index contributed by atoms with van der Waals surface area (Å²) in [6, 6.07) is -0.620. The average Bonchev–Trinajstić information content (AvgIpc) is 2.26. The standard InChI is InChI=1S/C9H15N3O2/c1-14-9(13)8(11-12-10)7-5-3-2-4-6-7/h7-8H,2-6H2,1H3/t8-/m0/s1. The van der Waals surface area contributed by atoms with Crippen molar-refractivity contribution in [1.82, 2.24) is 0 Å². The van der Waals surface area contributed by atoms with E-state index < -0.39 is 12.0 Å². The molecule has 1 aliphatic rings. The molecule has 5 heteroatoms. The van der Waals surface area contributed by atoms with Crippen molar-refractivity contribution in [3.05, 3.63) is 10.4 Å². The van der Waals surface area contributed by atoms with Crippen LogP contribution in [0, 0.1) is 5.92 Å². The first-order valence-electron chi connectivity index (χ1n) is 4.91. The van der Waals surface area contributed by atoms with Crippen LogP contribution in [-0.2, 0) is 9.53 Å². The number of methoxy groups -OCH3 is 1. The van der Waals surface area contributed by atoms with E-state index in [1.807, 2.05) is 0 Å². The summed E-state index contributed by atoms with van der Waals surface area (Å²) in [5.74, 6) is -0.234.